The standard InChI is InChI=1S/C16H22FNO/c1-10-4-5-13(12(3)11(10)2)8-15(19)14-6-7-18-16(17)9-14/h6-7,9-13H,4-5,8H2,1-3H3/t10?,11-,12-,13+/m1/s1. The number of halogens is 1. The monoisotopic (exact) mass is 263 g/mol. The van der Waals surface area contributed by atoms with Gasteiger partial charge in [0.2, 0.25) is 5.95 Å². The molecule has 19 heavy (non-hydrogen) atoms. The summed E-state index contributed by atoms with van der Waals surface area (Å²) in [5, 5.41) is 0. The molecule has 1 unspecified atom stereocenters. The van der Waals surface area contributed by atoms with E-state index in [-0.39, 0.29) is 5.78 Å². The Bertz CT molecular complexity index is 460. The number of rotatable bonds is 3. The Labute approximate surface area is 114 Å². The molecular weight excluding hydrogens is 241 g/mol. The molecule has 1 heterocycles. The molecule has 0 N–H and O–H groups in total. The Balaban J connectivity index is 2.03. The summed E-state index contributed by atoms with van der Waals surface area (Å²) in [7, 11) is 0. The average Bonchev–Trinajstić information content (AvgIpc) is 2.39. The molecule has 0 aromatic carbocycles. The fraction of sp³-hybridized carbons (Fsp3) is 0.625. The Kier molecular flexibility index (Phi) is 4.33. The summed E-state index contributed by atoms with van der Waals surface area (Å²) in [5.41, 5.74) is 0.450. The highest BCUT2D eigenvalue weighted by atomic mass is 19.1. The molecule has 0 aliphatic heterocycles. The van der Waals surface area contributed by atoms with Crippen molar-refractivity contribution >= 4 is 5.78 Å². The predicted octanol–water partition coefficient (Wildman–Crippen LogP) is 4.11. The Morgan fingerprint density at radius 1 is 1.32 bits per heavy atom. The first-order valence-corrected chi connectivity index (χ1v) is 7.13. The molecule has 104 valence electrons. The van der Waals surface area contributed by atoms with Crippen molar-refractivity contribution in [2.24, 2.45) is 23.7 Å². The fourth-order valence-electron chi connectivity index (χ4n) is 3.17. The topological polar surface area (TPSA) is 30.0 Å². The van der Waals surface area contributed by atoms with Crippen LogP contribution in [0, 0.1) is 29.6 Å². The van der Waals surface area contributed by atoms with Crippen molar-refractivity contribution in [1.29, 1.82) is 0 Å². The van der Waals surface area contributed by atoms with E-state index >= 15 is 0 Å². The number of carbonyl (C=O) groups excluding carboxylic acids is 1. The third-order valence-corrected chi connectivity index (χ3v) is 4.96. The van der Waals surface area contributed by atoms with Gasteiger partial charge >= 0.3 is 0 Å². The maximum Gasteiger partial charge on any atom is 0.213 e. The van der Waals surface area contributed by atoms with Crippen molar-refractivity contribution in [1.82, 2.24) is 4.98 Å². The van der Waals surface area contributed by atoms with Crippen LogP contribution in [0.3, 0.4) is 0 Å². The molecule has 0 amide bonds. The molecule has 2 rings (SSSR count). The fourth-order valence-corrected chi connectivity index (χ4v) is 3.17. The van der Waals surface area contributed by atoms with E-state index in [0.717, 1.165) is 12.3 Å². The highest BCUT2D eigenvalue weighted by molar-refractivity contribution is 5.96. The number of hydrogen-bond donors (Lipinski definition) is 0. The van der Waals surface area contributed by atoms with Crippen LogP contribution in [0.5, 0.6) is 0 Å². The molecule has 0 bridgehead atoms. The van der Waals surface area contributed by atoms with Gasteiger partial charge in [0.1, 0.15) is 0 Å². The normalized spacial score (nSPS) is 31.2. The van der Waals surface area contributed by atoms with Crippen molar-refractivity contribution < 1.29 is 9.18 Å². The average molecular weight is 263 g/mol. The number of carbonyl (C=O) groups is 1. The van der Waals surface area contributed by atoms with Crippen LogP contribution in [0.1, 0.15) is 50.4 Å². The lowest BCUT2D eigenvalue weighted by Crippen LogP contribution is -2.31. The molecule has 1 aromatic heterocycles. The minimum Gasteiger partial charge on any atom is -0.294 e. The van der Waals surface area contributed by atoms with Crippen molar-refractivity contribution in [3.05, 3.63) is 29.8 Å². The van der Waals surface area contributed by atoms with Crippen LogP contribution in [-0.2, 0) is 0 Å². The zero-order chi connectivity index (χ0) is 14.0. The first-order valence-electron chi connectivity index (χ1n) is 7.13. The number of nitrogens with zero attached hydrogens (tertiary/aromatic N) is 1. The summed E-state index contributed by atoms with van der Waals surface area (Å²) in [6.45, 7) is 6.81. The maximum absolute atomic E-state index is 13.0. The van der Waals surface area contributed by atoms with Gasteiger partial charge < -0.3 is 0 Å². The van der Waals surface area contributed by atoms with Crippen molar-refractivity contribution in [3.8, 4) is 0 Å². The van der Waals surface area contributed by atoms with Gasteiger partial charge in [-0.25, -0.2) is 4.98 Å². The lowest BCUT2D eigenvalue weighted by Gasteiger charge is -2.38. The molecule has 2 nitrogen and oxygen atoms in total. The summed E-state index contributed by atoms with van der Waals surface area (Å²) in [5.74, 6) is 1.83. The molecule has 1 saturated carbocycles. The molecule has 1 aromatic rings. The molecule has 0 radical (unpaired) electrons. The third kappa shape index (κ3) is 3.20. The summed E-state index contributed by atoms with van der Waals surface area (Å²) in [6.07, 6.45) is 4.18. The van der Waals surface area contributed by atoms with Crippen molar-refractivity contribution in [2.75, 3.05) is 0 Å². The minimum atomic E-state index is -0.579. The van der Waals surface area contributed by atoms with Crippen molar-refractivity contribution in [2.45, 2.75) is 40.0 Å². The second-order valence-electron chi connectivity index (χ2n) is 6.03. The van der Waals surface area contributed by atoms with Crippen LogP contribution in [0.4, 0.5) is 4.39 Å². The van der Waals surface area contributed by atoms with E-state index in [1.165, 1.54) is 18.7 Å². The van der Waals surface area contributed by atoms with Gasteiger partial charge in [0, 0.05) is 24.2 Å². The Morgan fingerprint density at radius 3 is 2.74 bits per heavy atom. The Morgan fingerprint density at radius 2 is 2.05 bits per heavy atom. The van der Waals surface area contributed by atoms with E-state index in [9.17, 15) is 9.18 Å². The van der Waals surface area contributed by atoms with E-state index in [1.54, 1.807) is 6.07 Å². The predicted molar refractivity (Wildman–Crippen MR) is 73.4 cm³/mol. The second-order valence-corrected chi connectivity index (χ2v) is 6.03. The number of ketones is 1. The molecule has 1 aliphatic rings. The molecule has 1 fully saturated rings. The SMILES string of the molecule is CC1CC[C@@H](CC(=O)c2ccnc(F)c2)[C@H](C)[C@@H]1C. The van der Waals surface area contributed by atoms with Gasteiger partial charge in [-0.05, 0) is 36.2 Å². The number of Topliss-reactive ketones (excluding diaryl/α,β-unsaturated/α-hetero) is 1. The molecule has 0 spiro atoms. The van der Waals surface area contributed by atoms with Gasteiger partial charge in [-0.1, -0.05) is 27.2 Å². The van der Waals surface area contributed by atoms with Gasteiger partial charge in [-0.15, -0.1) is 0 Å². The van der Waals surface area contributed by atoms with Crippen LogP contribution in [-0.4, -0.2) is 10.8 Å². The van der Waals surface area contributed by atoms with Crippen molar-refractivity contribution in [3.63, 3.8) is 0 Å². The van der Waals surface area contributed by atoms with Crippen LogP contribution >= 0.6 is 0 Å². The maximum atomic E-state index is 13.0. The third-order valence-electron chi connectivity index (χ3n) is 4.96. The van der Waals surface area contributed by atoms with E-state index in [0.29, 0.717) is 29.7 Å². The zero-order valence-electron chi connectivity index (χ0n) is 11.9. The molecule has 3 heteroatoms. The molecular formula is C16H22FNO. The number of aromatic nitrogens is 1. The van der Waals surface area contributed by atoms with Gasteiger partial charge in [0.05, 0.1) is 0 Å². The smallest absolute Gasteiger partial charge is 0.213 e. The van der Waals surface area contributed by atoms with E-state index in [1.807, 2.05) is 0 Å². The summed E-state index contributed by atoms with van der Waals surface area (Å²) < 4.78 is 13.0. The minimum absolute atomic E-state index is 0.0416. The summed E-state index contributed by atoms with van der Waals surface area (Å²) in [4.78, 5) is 15.7. The largest absolute Gasteiger partial charge is 0.294 e. The van der Waals surface area contributed by atoms with E-state index < -0.39 is 5.95 Å². The highest BCUT2D eigenvalue weighted by Crippen LogP contribution is 2.40. The summed E-state index contributed by atoms with van der Waals surface area (Å²) in [6, 6.07) is 2.84. The van der Waals surface area contributed by atoms with Gasteiger partial charge in [-0.3, -0.25) is 4.79 Å². The quantitative estimate of drug-likeness (QED) is 0.606. The molecule has 0 saturated heterocycles. The van der Waals surface area contributed by atoms with Crippen LogP contribution in [0.2, 0.25) is 0 Å². The van der Waals surface area contributed by atoms with Gasteiger partial charge in [-0.2, -0.15) is 4.39 Å². The van der Waals surface area contributed by atoms with Gasteiger partial charge in [0.15, 0.2) is 5.78 Å². The van der Waals surface area contributed by atoms with Gasteiger partial charge in [0.25, 0.3) is 0 Å². The lowest BCUT2D eigenvalue weighted by atomic mass is 9.67. The molecule has 4 atom stereocenters. The second kappa shape index (κ2) is 5.81. The Hall–Kier alpha value is -1.25. The first kappa shape index (κ1) is 14.2. The first-order chi connectivity index (χ1) is 8.99. The van der Waals surface area contributed by atoms with Crippen LogP contribution < -0.4 is 0 Å². The summed E-state index contributed by atoms with van der Waals surface area (Å²) >= 11 is 0. The molecule has 1 aliphatic carbocycles. The highest BCUT2D eigenvalue weighted by Gasteiger charge is 2.32. The number of pyridine rings is 1. The van der Waals surface area contributed by atoms with E-state index in [2.05, 4.69) is 25.8 Å². The van der Waals surface area contributed by atoms with Crippen LogP contribution in [0.25, 0.3) is 0 Å². The number of hydrogen-bond acceptors (Lipinski definition) is 2. The zero-order valence-corrected chi connectivity index (χ0v) is 11.9. The lowest BCUT2D eigenvalue weighted by molar-refractivity contribution is 0.0830. The van der Waals surface area contributed by atoms with Crippen LogP contribution in [0.15, 0.2) is 18.3 Å². The van der Waals surface area contributed by atoms with E-state index in [4.69, 9.17) is 0 Å².